The third-order valence-electron chi connectivity index (χ3n) is 2.41. The van der Waals surface area contributed by atoms with Gasteiger partial charge in [-0.2, -0.15) is 5.10 Å². The van der Waals surface area contributed by atoms with Crippen LogP contribution in [0.2, 0.25) is 0 Å². The first-order chi connectivity index (χ1) is 8.16. The molecule has 2 aromatic rings. The van der Waals surface area contributed by atoms with E-state index in [2.05, 4.69) is 34.2 Å². The number of aryl methyl sites for hydroxylation is 1. The van der Waals surface area contributed by atoms with Crippen LogP contribution in [-0.2, 0) is 13.6 Å². The van der Waals surface area contributed by atoms with Gasteiger partial charge in [-0.1, -0.05) is 13.8 Å². The fraction of sp³-hybridized carbons (Fsp3) is 0.417. The third-order valence-corrected chi connectivity index (χ3v) is 2.41. The molecule has 2 heterocycles. The second-order valence-electron chi connectivity index (χ2n) is 4.30. The summed E-state index contributed by atoms with van der Waals surface area (Å²) >= 11 is 0. The molecular formula is C12H17N5. The number of aromatic nitrogens is 4. The van der Waals surface area contributed by atoms with E-state index in [-0.39, 0.29) is 0 Å². The average Bonchev–Trinajstić information content (AvgIpc) is 2.69. The minimum Gasteiger partial charge on any atom is -0.310 e. The zero-order valence-electron chi connectivity index (χ0n) is 10.4. The van der Waals surface area contributed by atoms with Gasteiger partial charge >= 0.3 is 0 Å². The van der Waals surface area contributed by atoms with Crippen molar-refractivity contribution in [2.45, 2.75) is 26.4 Å². The lowest BCUT2D eigenvalue weighted by Gasteiger charge is -2.07. The molecule has 0 amide bonds. The van der Waals surface area contributed by atoms with E-state index in [4.69, 9.17) is 0 Å². The van der Waals surface area contributed by atoms with Gasteiger partial charge in [-0.15, -0.1) is 0 Å². The molecular weight excluding hydrogens is 214 g/mol. The smallest absolute Gasteiger partial charge is 0.117 e. The maximum atomic E-state index is 4.43. The van der Waals surface area contributed by atoms with Crippen molar-refractivity contribution in [2.24, 2.45) is 7.05 Å². The Hall–Kier alpha value is -1.75. The molecule has 5 heteroatoms. The van der Waals surface area contributed by atoms with Crippen molar-refractivity contribution in [2.75, 3.05) is 0 Å². The van der Waals surface area contributed by atoms with Gasteiger partial charge < -0.3 is 5.32 Å². The molecule has 2 rings (SSSR count). The van der Waals surface area contributed by atoms with Crippen LogP contribution >= 0.6 is 0 Å². The molecule has 0 aliphatic heterocycles. The molecule has 0 aliphatic rings. The second kappa shape index (κ2) is 5.05. The monoisotopic (exact) mass is 231 g/mol. The van der Waals surface area contributed by atoms with Crippen LogP contribution < -0.4 is 5.32 Å². The predicted octanol–water partition coefficient (Wildman–Crippen LogP) is 1.38. The van der Waals surface area contributed by atoms with Crippen molar-refractivity contribution < 1.29 is 0 Å². The third kappa shape index (κ3) is 2.88. The van der Waals surface area contributed by atoms with E-state index in [0.717, 1.165) is 23.5 Å². The Labute approximate surface area is 101 Å². The molecule has 17 heavy (non-hydrogen) atoms. The molecule has 1 N–H and O–H groups in total. The van der Waals surface area contributed by atoms with Crippen LogP contribution in [0.5, 0.6) is 0 Å². The normalized spacial score (nSPS) is 11.1. The lowest BCUT2D eigenvalue weighted by molar-refractivity contribution is 0.589. The van der Waals surface area contributed by atoms with Crippen LogP contribution in [0.4, 0.5) is 0 Å². The first-order valence-corrected chi connectivity index (χ1v) is 5.69. The van der Waals surface area contributed by atoms with E-state index >= 15 is 0 Å². The Kier molecular flexibility index (Phi) is 3.49. The van der Waals surface area contributed by atoms with Crippen LogP contribution in [0.25, 0.3) is 11.4 Å². The average molecular weight is 231 g/mol. The zero-order chi connectivity index (χ0) is 12.3. The van der Waals surface area contributed by atoms with Crippen LogP contribution in [0.3, 0.4) is 0 Å². The molecule has 0 saturated carbocycles. The summed E-state index contributed by atoms with van der Waals surface area (Å²) in [5.74, 6) is 0. The lowest BCUT2D eigenvalue weighted by atomic mass is 10.2. The molecule has 0 aromatic carbocycles. The number of rotatable bonds is 4. The van der Waals surface area contributed by atoms with Crippen molar-refractivity contribution in [1.29, 1.82) is 0 Å². The summed E-state index contributed by atoms with van der Waals surface area (Å²) in [6.45, 7) is 5.04. The van der Waals surface area contributed by atoms with Crippen molar-refractivity contribution in [3.05, 3.63) is 30.4 Å². The molecule has 90 valence electrons. The molecule has 2 aromatic heterocycles. The number of nitrogens with one attached hydrogen (secondary N) is 1. The largest absolute Gasteiger partial charge is 0.310 e. The minimum absolute atomic E-state index is 0.449. The van der Waals surface area contributed by atoms with Gasteiger partial charge in [0.1, 0.15) is 11.4 Å². The standard InChI is InChI=1S/C12H17N5/c1-9(2)15-6-10-8-17(3)16-12(10)11-7-13-4-5-14-11/h4-5,7-9,15H,6H2,1-3H3. The fourth-order valence-electron chi connectivity index (χ4n) is 1.62. The van der Waals surface area contributed by atoms with Crippen molar-refractivity contribution in [3.8, 4) is 11.4 Å². The van der Waals surface area contributed by atoms with Crippen LogP contribution in [0.15, 0.2) is 24.8 Å². The quantitative estimate of drug-likeness (QED) is 0.863. The highest BCUT2D eigenvalue weighted by atomic mass is 15.3. The topological polar surface area (TPSA) is 55.6 Å². The minimum atomic E-state index is 0.449. The van der Waals surface area contributed by atoms with Gasteiger partial charge in [-0.3, -0.25) is 14.6 Å². The summed E-state index contributed by atoms with van der Waals surface area (Å²) in [6.07, 6.45) is 7.10. The van der Waals surface area contributed by atoms with Crippen LogP contribution in [0.1, 0.15) is 19.4 Å². The summed E-state index contributed by atoms with van der Waals surface area (Å²) in [7, 11) is 1.92. The van der Waals surface area contributed by atoms with Gasteiger partial charge in [0, 0.05) is 43.8 Å². The van der Waals surface area contributed by atoms with Gasteiger partial charge in [-0.25, -0.2) is 0 Å². The Morgan fingerprint density at radius 2 is 2.18 bits per heavy atom. The Bertz CT molecular complexity index is 475. The van der Waals surface area contributed by atoms with Gasteiger partial charge in [0.2, 0.25) is 0 Å². The maximum absolute atomic E-state index is 4.43. The Morgan fingerprint density at radius 3 is 2.82 bits per heavy atom. The molecule has 0 atom stereocenters. The SMILES string of the molecule is CC(C)NCc1cn(C)nc1-c1cnccn1. The van der Waals surface area contributed by atoms with E-state index in [0.29, 0.717) is 6.04 Å². The second-order valence-corrected chi connectivity index (χ2v) is 4.30. The molecule has 5 nitrogen and oxygen atoms in total. The summed E-state index contributed by atoms with van der Waals surface area (Å²) in [6, 6.07) is 0.449. The first kappa shape index (κ1) is 11.7. The zero-order valence-corrected chi connectivity index (χ0v) is 10.4. The Balaban J connectivity index is 2.28. The van der Waals surface area contributed by atoms with Crippen molar-refractivity contribution in [3.63, 3.8) is 0 Å². The van der Waals surface area contributed by atoms with Gasteiger partial charge in [0.15, 0.2) is 0 Å². The van der Waals surface area contributed by atoms with Gasteiger partial charge in [0.05, 0.1) is 6.20 Å². The lowest BCUT2D eigenvalue weighted by Crippen LogP contribution is -2.21. The molecule has 0 bridgehead atoms. The number of nitrogens with zero attached hydrogens (tertiary/aromatic N) is 4. The summed E-state index contributed by atoms with van der Waals surface area (Å²) in [5.41, 5.74) is 2.85. The molecule has 0 saturated heterocycles. The number of hydrogen-bond donors (Lipinski definition) is 1. The molecule has 0 spiro atoms. The van der Waals surface area contributed by atoms with Crippen molar-refractivity contribution >= 4 is 0 Å². The first-order valence-electron chi connectivity index (χ1n) is 5.69. The van der Waals surface area contributed by atoms with E-state index in [9.17, 15) is 0 Å². The predicted molar refractivity (Wildman–Crippen MR) is 66.2 cm³/mol. The van der Waals surface area contributed by atoms with Gasteiger partial charge in [-0.05, 0) is 0 Å². The fourth-order valence-corrected chi connectivity index (χ4v) is 1.62. The van der Waals surface area contributed by atoms with E-state index in [1.165, 1.54) is 0 Å². The highest BCUT2D eigenvalue weighted by Crippen LogP contribution is 2.18. The van der Waals surface area contributed by atoms with E-state index < -0.39 is 0 Å². The van der Waals surface area contributed by atoms with Gasteiger partial charge in [0.25, 0.3) is 0 Å². The molecule has 0 fully saturated rings. The van der Waals surface area contributed by atoms with Crippen LogP contribution in [0, 0.1) is 0 Å². The summed E-state index contributed by atoms with van der Waals surface area (Å²) in [5, 5.41) is 7.82. The van der Waals surface area contributed by atoms with E-state index in [1.54, 1.807) is 23.3 Å². The number of hydrogen-bond acceptors (Lipinski definition) is 4. The molecule has 0 unspecified atom stereocenters. The maximum Gasteiger partial charge on any atom is 0.117 e. The highest BCUT2D eigenvalue weighted by Gasteiger charge is 2.11. The Morgan fingerprint density at radius 1 is 1.35 bits per heavy atom. The highest BCUT2D eigenvalue weighted by molar-refractivity contribution is 5.56. The summed E-state index contributed by atoms with van der Waals surface area (Å²) in [4.78, 5) is 8.36. The van der Waals surface area contributed by atoms with Crippen molar-refractivity contribution in [1.82, 2.24) is 25.1 Å². The van der Waals surface area contributed by atoms with E-state index in [1.807, 2.05) is 13.2 Å². The van der Waals surface area contributed by atoms with Crippen LogP contribution in [-0.4, -0.2) is 25.8 Å². The molecule has 0 radical (unpaired) electrons. The summed E-state index contributed by atoms with van der Waals surface area (Å²) < 4.78 is 1.81. The molecule has 0 aliphatic carbocycles.